The average molecular weight is 374 g/mol. The molecule has 0 radical (unpaired) electrons. The maximum Gasteiger partial charge on any atom is 0.339 e. The van der Waals surface area contributed by atoms with Gasteiger partial charge >= 0.3 is 5.97 Å². The zero-order chi connectivity index (χ0) is 20.1. The summed E-state index contributed by atoms with van der Waals surface area (Å²) in [4.78, 5) is 25.7. The van der Waals surface area contributed by atoms with Crippen LogP contribution in [0.4, 0.5) is 0 Å². The van der Waals surface area contributed by atoms with E-state index in [1.54, 1.807) is 48.5 Å². The third-order valence-corrected chi connectivity index (χ3v) is 4.55. The molecule has 0 aliphatic heterocycles. The van der Waals surface area contributed by atoms with Crippen LogP contribution in [-0.2, 0) is 11.3 Å². The van der Waals surface area contributed by atoms with E-state index in [0.29, 0.717) is 22.3 Å². The van der Waals surface area contributed by atoms with Gasteiger partial charge in [0.25, 0.3) is 0 Å². The van der Waals surface area contributed by atoms with Crippen molar-refractivity contribution < 1.29 is 19.4 Å². The summed E-state index contributed by atoms with van der Waals surface area (Å²) in [5.74, 6) is -0.861. The van der Waals surface area contributed by atoms with Crippen molar-refractivity contribution in [2.75, 3.05) is 0 Å². The van der Waals surface area contributed by atoms with Crippen molar-refractivity contribution in [2.45, 2.75) is 26.6 Å². The molecular formula is C24H22O4. The van der Waals surface area contributed by atoms with Crippen LogP contribution in [0, 0.1) is 13.8 Å². The van der Waals surface area contributed by atoms with E-state index in [0.717, 1.165) is 11.1 Å². The van der Waals surface area contributed by atoms with E-state index in [1.807, 2.05) is 38.1 Å². The van der Waals surface area contributed by atoms with Crippen molar-refractivity contribution in [3.63, 3.8) is 0 Å². The van der Waals surface area contributed by atoms with Gasteiger partial charge in [-0.3, -0.25) is 4.79 Å². The van der Waals surface area contributed by atoms with E-state index >= 15 is 0 Å². The summed E-state index contributed by atoms with van der Waals surface area (Å²) in [7, 11) is 0. The molecule has 0 spiro atoms. The van der Waals surface area contributed by atoms with Crippen LogP contribution < -0.4 is 0 Å². The van der Waals surface area contributed by atoms with Gasteiger partial charge in [0.1, 0.15) is 0 Å². The molecule has 0 unspecified atom stereocenters. The molecule has 28 heavy (non-hydrogen) atoms. The Morgan fingerprint density at radius 1 is 0.786 bits per heavy atom. The normalized spacial score (nSPS) is 11.7. The lowest BCUT2D eigenvalue weighted by Gasteiger charge is -2.18. The van der Waals surface area contributed by atoms with Gasteiger partial charge in [0.15, 0.2) is 6.10 Å². The quantitative estimate of drug-likeness (QED) is 0.507. The van der Waals surface area contributed by atoms with Gasteiger partial charge in [-0.1, -0.05) is 71.8 Å². The summed E-state index contributed by atoms with van der Waals surface area (Å²) < 4.78 is 5.63. The summed E-state index contributed by atoms with van der Waals surface area (Å²) in [5.41, 5.74) is 4.23. The Kier molecular flexibility index (Phi) is 6.02. The van der Waals surface area contributed by atoms with Crippen LogP contribution in [0.1, 0.15) is 49.1 Å². The summed E-state index contributed by atoms with van der Waals surface area (Å²) in [6, 6.07) is 21.0. The summed E-state index contributed by atoms with van der Waals surface area (Å²) in [5, 5.41) is 9.14. The fourth-order valence-electron chi connectivity index (χ4n) is 2.80. The van der Waals surface area contributed by atoms with E-state index < -0.39 is 12.1 Å². The Labute approximate surface area is 164 Å². The SMILES string of the molecule is Cc1ccc(C(=O)[C@@H](OC(=O)c2ccc(CO)cc2)c2ccc(C)cc2)cc1. The Hall–Kier alpha value is -3.24. The number of rotatable bonds is 6. The predicted molar refractivity (Wildman–Crippen MR) is 107 cm³/mol. The van der Waals surface area contributed by atoms with Crippen LogP contribution >= 0.6 is 0 Å². The lowest BCUT2D eigenvalue weighted by atomic mass is 9.98. The lowest BCUT2D eigenvalue weighted by molar-refractivity contribution is 0.0280. The molecule has 1 atom stereocenters. The van der Waals surface area contributed by atoms with Crippen LogP contribution in [0.5, 0.6) is 0 Å². The standard InChI is InChI=1S/C24H22O4/c1-16-3-9-19(10-4-16)22(26)23(20-11-5-17(2)6-12-20)28-24(27)21-13-7-18(15-25)8-14-21/h3-14,23,25H,15H2,1-2H3/t23-/m0/s1. The highest BCUT2D eigenvalue weighted by Crippen LogP contribution is 2.25. The molecule has 142 valence electrons. The number of hydrogen-bond acceptors (Lipinski definition) is 4. The van der Waals surface area contributed by atoms with Crippen LogP contribution in [0.15, 0.2) is 72.8 Å². The number of Topliss-reactive ketones (excluding diaryl/α,β-unsaturated/α-hetero) is 1. The van der Waals surface area contributed by atoms with E-state index in [1.165, 1.54) is 0 Å². The molecule has 4 nitrogen and oxygen atoms in total. The van der Waals surface area contributed by atoms with E-state index in [-0.39, 0.29) is 12.4 Å². The molecule has 0 heterocycles. The zero-order valence-corrected chi connectivity index (χ0v) is 15.9. The number of aliphatic hydroxyl groups is 1. The fraction of sp³-hybridized carbons (Fsp3) is 0.167. The number of carbonyl (C=O) groups is 2. The number of aryl methyl sites for hydroxylation is 2. The number of hydrogen-bond donors (Lipinski definition) is 1. The smallest absolute Gasteiger partial charge is 0.339 e. The van der Waals surface area contributed by atoms with Gasteiger partial charge in [0.05, 0.1) is 12.2 Å². The molecule has 0 bridgehead atoms. The molecule has 0 aliphatic carbocycles. The molecule has 0 saturated carbocycles. The van der Waals surface area contributed by atoms with Crippen LogP contribution in [0.2, 0.25) is 0 Å². The van der Waals surface area contributed by atoms with Gasteiger partial charge in [-0.05, 0) is 31.5 Å². The molecule has 0 amide bonds. The number of aliphatic hydroxyl groups excluding tert-OH is 1. The first-order valence-corrected chi connectivity index (χ1v) is 9.06. The Morgan fingerprint density at radius 3 is 1.82 bits per heavy atom. The zero-order valence-electron chi connectivity index (χ0n) is 15.9. The third-order valence-electron chi connectivity index (χ3n) is 4.55. The first-order chi connectivity index (χ1) is 13.5. The number of ether oxygens (including phenoxy) is 1. The predicted octanol–water partition coefficient (Wildman–Crippen LogP) is 4.58. The van der Waals surface area contributed by atoms with Gasteiger partial charge < -0.3 is 9.84 Å². The van der Waals surface area contributed by atoms with Gasteiger partial charge in [-0.2, -0.15) is 0 Å². The fourth-order valence-corrected chi connectivity index (χ4v) is 2.80. The number of carbonyl (C=O) groups excluding carboxylic acids is 2. The molecule has 0 fully saturated rings. The highest BCUT2D eigenvalue weighted by molar-refractivity contribution is 6.02. The number of ketones is 1. The van der Waals surface area contributed by atoms with Crippen LogP contribution in [-0.4, -0.2) is 16.9 Å². The van der Waals surface area contributed by atoms with Crippen molar-refractivity contribution in [3.8, 4) is 0 Å². The Balaban J connectivity index is 1.91. The molecule has 0 aromatic heterocycles. The van der Waals surface area contributed by atoms with Crippen LogP contribution in [0.3, 0.4) is 0 Å². The van der Waals surface area contributed by atoms with Crippen molar-refractivity contribution in [1.82, 2.24) is 0 Å². The summed E-state index contributed by atoms with van der Waals surface area (Å²) in [6.45, 7) is 3.80. The number of esters is 1. The second-order valence-electron chi connectivity index (χ2n) is 6.78. The third kappa shape index (κ3) is 4.53. The van der Waals surface area contributed by atoms with Gasteiger partial charge in [0.2, 0.25) is 5.78 Å². The highest BCUT2D eigenvalue weighted by Gasteiger charge is 2.26. The molecule has 3 aromatic carbocycles. The van der Waals surface area contributed by atoms with Crippen molar-refractivity contribution in [2.24, 2.45) is 0 Å². The van der Waals surface area contributed by atoms with Crippen molar-refractivity contribution in [1.29, 1.82) is 0 Å². The minimum Gasteiger partial charge on any atom is -0.445 e. The second-order valence-corrected chi connectivity index (χ2v) is 6.78. The molecular weight excluding hydrogens is 352 g/mol. The molecule has 3 rings (SSSR count). The van der Waals surface area contributed by atoms with Gasteiger partial charge in [0, 0.05) is 11.1 Å². The lowest BCUT2D eigenvalue weighted by Crippen LogP contribution is -2.20. The van der Waals surface area contributed by atoms with Crippen LogP contribution in [0.25, 0.3) is 0 Å². The first kappa shape index (κ1) is 19.5. The molecule has 4 heteroatoms. The van der Waals surface area contributed by atoms with Gasteiger partial charge in [-0.25, -0.2) is 4.79 Å². The minimum absolute atomic E-state index is 0.104. The monoisotopic (exact) mass is 374 g/mol. The molecule has 3 aromatic rings. The van der Waals surface area contributed by atoms with E-state index in [2.05, 4.69) is 0 Å². The first-order valence-electron chi connectivity index (χ1n) is 9.06. The van der Waals surface area contributed by atoms with E-state index in [9.17, 15) is 9.59 Å². The summed E-state index contributed by atoms with van der Waals surface area (Å²) >= 11 is 0. The van der Waals surface area contributed by atoms with Gasteiger partial charge in [-0.15, -0.1) is 0 Å². The molecule has 1 N–H and O–H groups in total. The number of benzene rings is 3. The average Bonchev–Trinajstić information content (AvgIpc) is 2.73. The second kappa shape index (κ2) is 8.63. The minimum atomic E-state index is -1.03. The molecule has 0 aliphatic rings. The van der Waals surface area contributed by atoms with Crippen molar-refractivity contribution in [3.05, 3.63) is 106 Å². The molecule has 0 saturated heterocycles. The Bertz CT molecular complexity index is 955. The van der Waals surface area contributed by atoms with E-state index in [4.69, 9.17) is 9.84 Å². The maximum absolute atomic E-state index is 13.1. The largest absolute Gasteiger partial charge is 0.445 e. The van der Waals surface area contributed by atoms with Crippen molar-refractivity contribution >= 4 is 11.8 Å². The topological polar surface area (TPSA) is 63.6 Å². The maximum atomic E-state index is 13.1. The Morgan fingerprint density at radius 2 is 1.29 bits per heavy atom. The summed E-state index contributed by atoms with van der Waals surface area (Å²) in [6.07, 6.45) is -1.03. The highest BCUT2D eigenvalue weighted by atomic mass is 16.5.